The van der Waals surface area contributed by atoms with Gasteiger partial charge >= 0.3 is 99.8 Å². The van der Waals surface area contributed by atoms with Crippen LogP contribution in [0.4, 0.5) is 0 Å². The predicted molar refractivity (Wildman–Crippen MR) is 176 cm³/mol. The molecule has 3 heterocycles. The Bertz CT molecular complexity index is 1930. The Hall–Kier alpha value is -2.63. The molecule has 0 spiro atoms. The summed E-state index contributed by atoms with van der Waals surface area (Å²) in [7, 11) is 0. The van der Waals surface area contributed by atoms with E-state index in [1.165, 1.54) is 32.4 Å². The summed E-state index contributed by atoms with van der Waals surface area (Å²) in [4.78, 5) is 8.99. The molecule has 0 amide bonds. The van der Waals surface area contributed by atoms with Crippen molar-refractivity contribution in [3.8, 4) is 22.5 Å². The standard InChI is InChI=1S/C22H20NS.C14H16GeN.Ir/c1-4-6-16-11-12-23-18(13-16)17-10-9-15(3)21-20-14(2)7-5-8-19(20)24-22(17)21;1-15(2,3)13-9-10-14(16-11-13)12-7-5-4-6-8-12;/h5,7-9,11-13H,4,6H2,1-3H3;4-7,9-11H,1-3H3;/q2*-1;/i4D2,6D2;;. The molecular formula is C36H36GeIrN2S-2. The van der Waals surface area contributed by atoms with E-state index in [0.717, 1.165) is 27.1 Å². The van der Waals surface area contributed by atoms with Crippen LogP contribution in [0.2, 0.25) is 17.3 Å². The van der Waals surface area contributed by atoms with Crippen molar-refractivity contribution in [2.24, 2.45) is 0 Å². The van der Waals surface area contributed by atoms with Gasteiger partial charge in [-0.1, -0.05) is 49.4 Å². The topological polar surface area (TPSA) is 25.8 Å². The summed E-state index contributed by atoms with van der Waals surface area (Å²) in [5.74, 6) is 7.14. The van der Waals surface area contributed by atoms with Crippen LogP contribution in [0.15, 0.2) is 85.2 Å². The van der Waals surface area contributed by atoms with Crippen LogP contribution in [-0.2, 0) is 26.5 Å². The second-order valence-electron chi connectivity index (χ2n) is 10.9. The van der Waals surface area contributed by atoms with E-state index in [0.29, 0.717) is 5.69 Å². The Labute approximate surface area is 270 Å². The second-order valence-corrected chi connectivity index (χ2v) is 22.6. The zero-order valence-corrected chi connectivity index (χ0v) is 29.5. The van der Waals surface area contributed by atoms with Crippen molar-refractivity contribution >= 4 is 49.2 Å². The molecule has 6 aromatic rings. The van der Waals surface area contributed by atoms with E-state index in [2.05, 4.69) is 83.5 Å². The van der Waals surface area contributed by atoms with Gasteiger partial charge in [-0.15, -0.1) is 23.3 Å². The van der Waals surface area contributed by atoms with E-state index < -0.39 is 26.0 Å². The average molecular weight is 798 g/mol. The number of fused-ring (bicyclic) bond motifs is 3. The third-order valence-electron chi connectivity index (χ3n) is 6.88. The zero-order chi connectivity index (χ0) is 31.9. The second kappa shape index (κ2) is 13.6. The fourth-order valence-corrected chi connectivity index (χ4v) is 8.25. The monoisotopic (exact) mass is 799 g/mol. The number of rotatable bonds is 5. The number of nitrogens with zero attached hydrogens (tertiary/aromatic N) is 2. The van der Waals surface area contributed by atoms with Crippen LogP contribution in [0.25, 0.3) is 42.7 Å². The van der Waals surface area contributed by atoms with Crippen LogP contribution >= 0.6 is 11.3 Å². The van der Waals surface area contributed by atoms with Crippen molar-refractivity contribution in [1.29, 1.82) is 0 Å². The molecule has 0 aliphatic heterocycles. The first-order valence-electron chi connectivity index (χ1n) is 15.4. The predicted octanol–water partition coefficient (Wildman–Crippen LogP) is 9.58. The van der Waals surface area contributed by atoms with E-state index >= 15 is 0 Å². The number of thiophene rings is 1. The van der Waals surface area contributed by atoms with Crippen molar-refractivity contribution in [3.05, 3.63) is 114 Å². The molecule has 0 aliphatic rings. The van der Waals surface area contributed by atoms with Crippen molar-refractivity contribution in [1.82, 2.24) is 9.97 Å². The molecule has 41 heavy (non-hydrogen) atoms. The molecule has 211 valence electrons. The van der Waals surface area contributed by atoms with Gasteiger partial charge in [0.15, 0.2) is 0 Å². The van der Waals surface area contributed by atoms with Crippen molar-refractivity contribution in [3.63, 3.8) is 0 Å². The fourth-order valence-electron chi connectivity index (χ4n) is 4.72. The molecule has 0 bridgehead atoms. The maximum Gasteiger partial charge on any atom is 0 e. The van der Waals surface area contributed by atoms with Crippen LogP contribution in [0.3, 0.4) is 0 Å². The summed E-state index contributed by atoms with van der Waals surface area (Å²) in [6.07, 6.45) is -0.541. The largest absolute Gasteiger partial charge is 0 e. The molecule has 2 nitrogen and oxygen atoms in total. The van der Waals surface area contributed by atoms with Gasteiger partial charge in [-0.25, -0.2) is 0 Å². The Morgan fingerprint density at radius 3 is 2.39 bits per heavy atom. The van der Waals surface area contributed by atoms with Crippen LogP contribution in [0.5, 0.6) is 0 Å². The van der Waals surface area contributed by atoms with Gasteiger partial charge in [-0.05, 0) is 46.8 Å². The normalized spacial score (nSPS) is 13.3. The molecule has 0 atom stereocenters. The van der Waals surface area contributed by atoms with E-state index in [1.807, 2.05) is 36.5 Å². The molecule has 0 fully saturated rings. The summed E-state index contributed by atoms with van der Waals surface area (Å²) in [6.45, 7) is 5.45. The minimum absolute atomic E-state index is 0. The maximum atomic E-state index is 8.25. The summed E-state index contributed by atoms with van der Waals surface area (Å²) in [5, 5.41) is 2.43. The Balaban J connectivity index is 0.000000231. The molecule has 3 aromatic carbocycles. The number of hydrogen-bond donors (Lipinski definition) is 0. The molecule has 0 unspecified atom stereocenters. The van der Waals surface area contributed by atoms with Crippen molar-refractivity contribution < 1.29 is 25.6 Å². The SMILES string of the molecule is [2H]C([2H])(C)C([2H])([2H])c1ccnc(-c2[c-]cc(C)c3c2sc2cccc(C)c23)c1.[CH3][Ge]([CH3])([CH3])[c]1ccc(-c2[c-]cccc2)nc1.[Ir]. The van der Waals surface area contributed by atoms with Crippen molar-refractivity contribution in [2.45, 2.75) is 50.8 Å². The van der Waals surface area contributed by atoms with Gasteiger partial charge in [0.1, 0.15) is 0 Å². The van der Waals surface area contributed by atoms with E-state index in [1.54, 1.807) is 29.7 Å². The first-order valence-corrected chi connectivity index (χ1v) is 21.6. The van der Waals surface area contributed by atoms with Crippen LogP contribution in [-0.4, -0.2) is 23.2 Å². The fraction of sp³-hybridized carbons (Fsp3) is 0.222. The van der Waals surface area contributed by atoms with E-state index in [4.69, 9.17) is 5.48 Å². The molecular weight excluding hydrogens is 757 g/mol. The van der Waals surface area contributed by atoms with Gasteiger partial charge in [0.2, 0.25) is 0 Å². The van der Waals surface area contributed by atoms with Crippen molar-refractivity contribution in [2.75, 3.05) is 0 Å². The third kappa shape index (κ3) is 7.06. The van der Waals surface area contributed by atoms with E-state index in [9.17, 15) is 0 Å². The summed E-state index contributed by atoms with van der Waals surface area (Å²) in [5.41, 5.74) is 6.17. The van der Waals surface area contributed by atoms with E-state index in [-0.39, 0.29) is 25.7 Å². The van der Waals surface area contributed by atoms with Crippen LogP contribution in [0.1, 0.15) is 35.5 Å². The number of aromatic nitrogens is 2. The number of hydrogen-bond acceptors (Lipinski definition) is 3. The zero-order valence-electron chi connectivity index (χ0n) is 28.2. The van der Waals surface area contributed by atoms with Gasteiger partial charge in [0.05, 0.1) is 0 Å². The Morgan fingerprint density at radius 1 is 0.878 bits per heavy atom. The molecule has 0 saturated carbocycles. The minimum atomic E-state index is -2.12. The molecule has 0 saturated heterocycles. The van der Waals surface area contributed by atoms with Crippen LogP contribution in [0, 0.1) is 26.0 Å². The summed E-state index contributed by atoms with van der Waals surface area (Å²) < 4.78 is 36.0. The third-order valence-corrected chi connectivity index (χ3v) is 12.3. The maximum absolute atomic E-state index is 8.25. The summed E-state index contributed by atoms with van der Waals surface area (Å²) in [6, 6.07) is 30.3. The molecule has 6 rings (SSSR count). The summed E-state index contributed by atoms with van der Waals surface area (Å²) >= 11 is -0.0246. The van der Waals surface area contributed by atoms with Gasteiger partial charge in [0, 0.05) is 36.5 Å². The quantitative estimate of drug-likeness (QED) is 0.128. The Morgan fingerprint density at radius 2 is 1.71 bits per heavy atom. The van der Waals surface area contributed by atoms with Crippen LogP contribution < -0.4 is 4.40 Å². The molecule has 1 radical (unpaired) electrons. The first-order chi connectivity index (χ1) is 20.7. The number of pyridine rings is 2. The average Bonchev–Trinajstić information content (AvgIpc) is 3.39. The number of benzene rings is 3. The van der Waals surface area contributed by atoms with Gasteiger partial charge < -0.3 is 4.98 Å². The molecule has 0 N–H and O–H groups in total. The Kier molecular flexibility index (Phi) is 8.61. The number of aryl methyl sites for hydroxylation is 3. The molecule has 0 aliphatic carbocycles. The van der Waals surface area contributed by atoms with Gasteiger partial charge in [-0.2, -0.15) is 11.3 Å². The minimum Gasteiger partial charge on any atom is 0 e. The smallest absolute Gasteiger partial charge is 0 e. The first kappa shape index (κ1) is 26.0. The van der Waals surface area contributed by atoms with Gasteiger partial charge in [0.25, 0.3) is 0 Å². The van der Waals surface area contributed by atoms with Gasteiger partial charge in [-0.3, -0.25) is 0 Å². The molecule has 3 aromatic heterocycles. The molecule has 5 heteroatoms.